The predicted molar refractivity (Wildman–Crippen MR) is 92.6 cm³/mol. The monoisotopic (exact) mass is 292 g/mol. The molecule has 0 aliphatic rings. The zero-order valence-corrected chi connectivity index (χ0v) is 13.8. The van der Waals surface area contributed by atoms with Crippen molar-refractivity contribution in [2.24, 2.45) is 5.73 Å². The van der Waals surface area contributed by atoms with Gasteiger partial charge in [-0.25, -0.2) is 0 Å². The molecule has 0 spiro atoms. The van der Waals surface area contributed by atoms with E-state index in [9.17, 15) is 0 Å². The Labute approximate surface area is 128 Å². The molecule has 2 aromatic rings. The summed E-state index contributed by atoms with van der Waals surface area (Å²) < 4.78 is 0. The van der Waals surface area contributed by atoms with Gasteiger partial charge in [0.2, 0.25) is 0 Å². The van der Waals surface area contributed by atoms with Gasteiger partial charge in [-0.2, -0.15) is 0 Å². The molecule has 110 valence electrons. The van der Waals surface area contributed by atoms with Crippen LogP contribution >= 0.6 is 11.6 Å². The molecule has 0 radical (unpaired) electrons. The van der Waals surface area contributed by atoms with Crippen molar-refractivity contribution in [1.82, 2.24) is 0 Å². The van der Waals surface area contributed by atoms with Crippen LogP contribution in [0.5, 0.6) is 0 Å². The molecular weight excluding hydrogens is 268 g/mol. The summed E-state index contributed by atoms with van der Waals surface area (Å²) in [5.74, 6) is 0. The van der Waals surface area contributed by atoms with Crippen LogP contribution in [0.15, 0.2) is 42.5 Å². The van der Waals surface area contributed by atoms with Gasteiger partial charge in [0.1, 0.15) is 0 Å². The summed E-state index contributed by atoms with van der Waals surface area (Å²) in [5.41, 5.74) is 9.26. The summed E-state index contributed by atoms with van der Waals surface area (Å²) in [5, 5.41) is 3.89. The van der Waals surface area contributed by atoms with E-state index in [1.807, 2.05) is 33.0 Å². The normalized spacial score (nSPS) is 8.75. The Balaban J connectivity index is 0.000000829. The number of halogens is 1. The van der Waals surface area contributed by atoms with Gasteiger partial charge in [-0.3, -0.25) is 0 Å². The van der Waals surface area contributed by atoms with E-state index in [-0.39, 0.29) is 0 Å². The lowest BCUT2D eigenvalue weighted by Crippen LogP contribution is -1.88. The van der Waals surface area contributed by atoms with Gasteiger partial charge in [0.05, 0.1) is 0 Å². The summed E-state index contributed by atoms with van der Waals surface area (Å²) >= 11 is 5.94. The fourth-order valence-electron chi connectivity index (χ4n) is 1.77. The Hall–Kier alpha value is -1.51. The van der Waals surface area contributed by atoms with Crippen LogP contribution in [0.4, 0.5) is 5.69 Å². The van der Waals surface area contributed by atoms with Gasteiger partial charge in [-0.05, 0) is 54.9 Å². The first kappa shape index (κ1) is 18.5. The van der Waals surface area contributed by atoms with Crippen LogP contribution in [0.2, 0.25) is 5.02 Å². The average Bonchev–Trinajstić information content (AvgIpc) is 2.51. The Kier molecular flexibility index (Phi) is 9.52. The SMILES string of the molecule is CC.CN.CNc1ccc(-c2ccc(Cl)cc2C)cc1. The lowest BCUT2D eigenvalue weighted by molar-refractivity contribution is 1.45. The van der Waals surface area contributed by atoms with Gasteiger partial charge < -0.3 is 11.1 Å². The highest BCUT2D eigenvalue weighted by molar-refractivity contribution is 6.30. The van der Waals surface area contributed by atoms with Crippen LogP contribution in [0, 0.1) is 6.92 Å². The molecular formula is C17H25ClN2. The molecule has 0 aliphatic carbocycles. The van der Waals surface area contributed by atoms with Crippen LogP contribution in [-0.4, -0.2) is 14.1 Å². The molecule has 2 nitrogen and oxygen atoms in total. The highest BCUT2D eigenvalue weighted by Crippen LogP contribution is 2.26. The molecule has 0 atom stereocenters. The van der Waals surface area contributed by atoms with E-state index in [0.29, 0.717) is 0 Å². The molecule has 20 heavy (non-hydrogen) atoms. The number of hydrogen-bond acceptors (Lipinski definition) is 2. The van der Waals surface area contributed by atoms with Gasteiger partial charge in [-0.15, -0.1) is 0 Å². The summed E-state index contributed by atoms with van der Waals surface area (Å²) in [6, 6.07) is 14.3. The number of aryl methyl sites for hydroxylation is 1. The van der Waals surface area contributed by atoms with E-state index in [1.54, 1.807) is 0 Å². The third kappa shape index (κ3) is 5.24. The van der Waals surface area contributed by atoms with Gasteiger partial charge in [0.15, 0.2) is 0 Å². The summed E-state index contributed by atoms with van der Waals surface area (Å²) in [7, 11) is 3.42. The zero-order chi connectivity index (χ0) is 15.5. The maximum atomic E-state index is 5.94. The highest BCUT2D eigenvalue weighted by atomic mass is 35.5. The molecule has 3 N–H and O–H groups in total. The van der Waals surface area contributed by atoms with Crippen LogP contribution in [-0.2, 0) is 0 Å². The van der Waals surface area contributed by atoms with Crippen LogP contribution in [0.25, 0.3) is 11.1 Å². The standard InChI is InChI=1S/C14H14ClN.C2H6.CH5N/c1-10-9-12(15)5-8-14(10)11-3-6-13(16-2)7-4-11;2*1-2/h3-9,16H,1-2H3;1-2H3;2H2,1H3. The third-order valence-corrected chi connectivity index (χ3v) is 2.91. The molecule has 3 heteroatoms. The third-order valence-electron chi connectivity index (χ3n) is 2.67. The predicted octanol–water partition coefficient (Wildman–Crippen LogP) is 4.96. The minimum absolute atomic E-state index is 0.785. The second-order valence-corrected chi connectivity index (χ2v) is 4.22. The van der Waals surface area contributed by atoms with Crippen molar-refractivity contribution in [2.75, 3.05) is 19.4 Å². The number of benzene rings is 2. The number of rotatable bonds is 2. The average molecular weight is 293 g/mol. The molecule has 0 heterocycles. The first-order chi connectivity index (χ1) is 9.70. The van der Waals surface area contributed by atoms with Crippen molar-refractivity contribution in [1.29, 1.82) is 0 Å². The smallest absolute Gasteiger partial charge is 0.0409 e. The fraction of sp³-hybridized carbons (Fsp3) is 0.294. The number of nitrogens with two attached hydrogens (primary N) is 1. The molecule has 0 aliphatic heterocycles. The fourth-order valence-corrected chi connectivity index (χ4v) is 1.99. The minimum atomic E-state index is 0.785. The number of anilines is 1. The van der Waals surface area contributed by atoms with E-state index in [1.165, 1.54) is 23.7 Å². The summed E-state index contributed by atoms with van der Waals surface area (Å²) in [4.78, 5) is 0. The van der Waals surface area contributed by atoms with E-state index in [0.717, 1.165) is 10.7 Å². The summed E-state index contributed by atoms with van der Waals surface area (Å²) in [6.45, 7) is 6.08. The second-order valence-electron chi connectivity index (χ2n) is 3.79. The molecule has 0 fully saturated rings. The molecule has 2 aromatic carbocycles. The van der Waals surface area contributed by atoms with Crippen molar-refractivity contribution >= 4 is 17.3 Å². The molecule has 0 saturated heterocycles. The maximum absolute atomic E-state index is 5.94. The Morgan fingerprint density at radius 3 is 1.95 bits per heavy atom. The van der Waals surface area contributed by atoms with Gasteiger partial charge in [0.25, 0.3) is 0 Å². The zero-order valence-electron chi connectivity index (χ0n) is 13.0. The lowest BCUT2D eigenvalue weighted by atomic mass is 10.0. The van der Waals surface area contributed by atoms with E-state index in [4.69, 9.17) is 11.6 Å². The van der Waals surface area contributed by atoms with Crippen molar-refractivity contribution in [3.8, 4) is 11.1 Å². The van der Waals surface area contributed by atoms with Crippen molar-refractivity contribution in [3.05, 3.63) is 53.1 Å². The lowest BCUT2D eigenvalue weighted by Gasteiger charge is -2.07. The molecule has 0 unspecified atom stereocenters. The van der Waals surface area contributed by atoms with Crippen molar-refractivity contribution in [3.63, 3.8) is 0 Å². The summed E-state index contributed by atoms with van der Waals surface area (Å²) in [6.07, 6.45) is 0. The first-order valence-corrected chi connectivity index (χ1v) is 7.20. The Morgan fingerprint density at radius 1 is 0.950 bits per heavy atom. The van der Waals surface area contributed by atoms with Crippen molar-refractivity contribution < 1.29 is 0 Å². The van der Waals surface area contributed by atoms with E-state index in [2.05, 4.69) is 48.3 Å². The molecule has 2 rings (SSSR count). The van der Waals surface area contributed by atoms with Gasteiger partial charge >= 0.3 is 0 Å². The van der Waals surface area contributed by atoms with E-state index < -0.39 is 0 Å². The largest absolute Gasteiger partial charge is 0.388 e. The molecule has 0 amide bonds. The quantitative estimate of drug-likeness (QED) is 0.821. The van der Waals surface area contributed by atoms with Crippen LogP contribution < -0.4 is 11.1 Å². The van der Waals surface area contributed by atoms with Crippen molar-refractivity contribution in [2.45, 2.75) is 20.8 Å². The maximum Gasteiger partial charge on any atom is 0.0409 e. The number of hydrogen-bond donors (Lipinski definition) is 2. The van der Waals surface area contributed by atoms with Gasteiger partial charge in [0, 0.05) is 17.8 Å². The molecule has 0 aromatic heterocycles. The van der Waals surface area contributed by atoms with Crippen LogP contribution in [0.3, 0.4) is 0 Å². The van der Waals surface area contributed by atoms with Gasteiger partial charge in [-0.1, -0.05) is 43.6 Å². The first-order valence-electron chi connectivity index (χ1n) is 6.83. The number of nitrogens with one attached hydrogen (secondary N) is 1. The Bertz CT molecular complexity index is 493. The Morgan fingerprint density at radius 2 is 1.50 bits per heavy atom. The van der Waals surface area contributed by atoms with E-state index >= 15 is 0 Å². The van der Waals surface area contributed by atoms with Crippen LogP contribution in [0.1, 0.15) is 19.4 Å². The molecule has 0 saturated carbocycles. The highest BCUT2D eigenvalue weighted by Gasteiger charge is 2.02. The minimum Gasteiger partial charge on any atom is -0.388 e. The second kappa shape index (κ2) is 10.3. The molecule has 0 bridgehead atoms. The topological polar surface area (TPSA) is 38.0 Å².